The number of aliphatic carboxylic acids is 2. The number of carboxylic acid groups (broad SMARTS) is 2. The summed E-state index contributed by atoms with van der Waals surface area (Å²) >= 11 is 0. The first-order valence-electron chi connectivity index (χ1n) is 12.2. The van der Waals surface area contributed by atoms with Crippen LogP contribution in [-0.2, 0) is 24.5 Å². The topological polar surface area (TPSA) is 181 Å². The SMILES string of the molecule is CCCCCCCC/C=C\CCCCCCCC(=O)NC(CC(=O)O)(C(=O)O)S(=O)(=O)O.[CH2-]C[O-].[Na+].[Na+]. The molecule has 0 aromatic carbocycles. The Hall–Kier alpha value is 0.0200. The van der Waals surface area contributed by atoms with Crippen molar-refractivity contribution in [2.75, 3.05) is 6.61 Å². The number of unbranched alkanes of at least 4 members (excludes halogenated alkanes) is 11. The van der Waals surface area contributed by atoms with Gasteiger partial charge in [0.05, 0.1) is 6.42 Å². The zero-order valence-corrected chi connectivity index (χ0v) is 27.7. The molecule has 0 aliphatic rings. The Bertz CT molecular complexity index is 734. The molecule has 0 spiro atoms. The standard InChI is InChI=1S/C22H39NO8S.C2H4O.2Na/c1-2-3-4-5-6-7-8-9-10-11-12-13-14-15-16-17-19(24)23-22(21(27)28,18-20(25)26)32(29,30)31;1-2-3;;/h9-10H,2-8,11-18H2,1H3,(H,23,24)(H,25,26)(H,27,28)(H,29,30,31);1-2H2;;/q;-2;2*+1/b10-9-;;;. The van der Waals surface area contributed by atoms with Crippen molar-refractivity contribution in [3.8, 4) is 0 Å². The smallest absolute Gasteiger partial charge is 0.878 e. The molecule has 0 bridgehead atoms. The van der Waals surface area contributed by atoms with Crippen LogP contribution in [-0.4, -0.2) is 52.5 Å². The third-order valence-corrected chi connectivity index (χ3v) is 6.49. The monoisotopic (exact) mass is 567 g/mol. The maximum atomic E-state index is 12.0. The number of allylic oxidation sites excluding steroid dienone is 2. The van der Waals surface area contributed by atoms with Crippen LogP contribution in [0.15, 0.2) is 12.2 Å². The zero-order chi connectivity index (χ0) is 27.2. The van der Waals surface area contributed by atoms with Gasteiger partial charge in [-0.15, -0.1) is 0 Å². The fourth-order valence-electron chi connectivity index (χ4n) is 3.30. The van der Waals surface area contributed by atoms with Crippen LogP contribution in [0, 0.1) is 6.92 Å². The van der Waals surface area contributed by atoms with E-state index in [2.05, 4.69) is 26.0 Å². The predicted molar refractivity (Wildman–Crippen MR) is 132 cm³/mol. The van der Waals surface area contributed by atoms with Crippen LogP contribution >= 0.6 is 0 Å². The van der Waals surface area contributed by atoms with E-state index in [1.807, 2.05) is 0 Å². The van der Waals surface area contributed by atoms with Crippen molar-refractivity contribution >= 4 is 28.0 Å². The second-order valence-corrected chi connectivity index (χ2v) is 9.91. The molecule has 0 aliphatic heterocycles. The maximum absolute atomic E-state index is 12.0. The molecule has 4 N–H and O–H groups in total. The molecule has 1 atom stereocenters. The summed E-state index contributed by atoms with van der Waals surface area (Å²) in [5, 5.41) is 28.4. The summed E-state index contributed by atoms with van der Waals surface area (Å²) in [5.41, 5.74) is 0. The molecule has 0 fully saturated rings. The Labute approximate surface area is 266 Å². The summed E-state index contributed by atoms with van der Waals surface area (Å²) in [4.78, 5) is 30.9. The number of hydrogen-bond acceptors (Lipinski definition) is 6. The zero-order valence-electron chi connectivity index (χ0n) is 22.9. The van der Waals surface area contributed by atoms with Gasteiger partial charge in [-0.25, -0.2) is 4.79 Å². The Kier molecular flexibility index (Phi) is 32.8. The minimum Gasteiger partial charge on any atom is -0.878 e. The Morgan fingerprint density at radius 3 is 1.65 bits per heavy atom. The molecule has 0 rings (SSSR count). The molecule has 0 saturated heterocycles. The van der Waals surface area contributed by atoms with Gasteiger partial charge < -0.3 is 27.6 Å². The molecule has 1 amide bonds. The normalized spacial score (nSPS) is 12.3. The fraction of sp³-hybridized carbons (Fsp3) is 0.750. The van der Waals surface area contributed by atoms with Crippen LogP contribution in [0.3, 0.4) is 0 Å². The fourth-order valence-corrected chi connectivity index (χ4v) is 4.07. The molecule has 37 heavy (non-hydrogen) atoms. The summed E-state index contributed by atoms with van der Waals surface area (Å²) in [6.45, 7) is 4.89. The number of amides is 1. The van der Waals surface area contributed by atoms with Crippen LogP contribution in [0.2, 0.25) is 0 Å². The number of rotatable bonds is 20. The van der Waals surface area contributed by atoms with Crippen LogP contribution < -0.4 is 69.5 Å². The summed E-state index contributed by atoms with van der Waals surface area (Å²) in [6.07, 6.45) is 16.6. The van der Waals surface area contributed by atoms with Crippen LogP contribution in [0.25, 0.3) is 0 Å². The molecule has 0 heterocycles. The van der Waals surface area contributed by atoms with E-state index < -0.39 is 39.3 Å². The molecule has 0 saturated carbocycles. The van der Waals surface area contributed by atoms with Gasteiger partial charge in [-0.1, -0.05) is 70.4 Å². The van der Waals surface area contributed by atoms with Crippen molar-refractivity contribution in [2.24, 2.45) is 0 Å². The van der Waals surface area contributed by atoms with Crippen molar-refractivity contribution in [3.05, 3.63) is 19.1 Å². The van der Waals surface area contributed by atoms with E-state index in [1.54, 1.807) is 5.32 Å². The second kappa shape index (κ2) is 27.6. The summed E-state index contributed by atoms with van der Waals surface area (Å²) < 4.78 is 32.1. The quantitative estimate of drug-likeness (QED) is 0.0406. The van der Waals surface area contributed by atoms with Crippen molar-refractivity contribution < 1.29 is 102 Å². The van der Waals surface area contributed by atoms with E-state index in [-0.39, 0.29) is 72.1 Å². The van der Waals surface area contributed by atoms with Gasteiger partial charge in [-0.2, -0.15) is 8.42 Å². The molecule has 1 unspecified atom stereocenters. The number of carboxylic acids is 2. The summed E-state index contributed by atoms with van der Waals surface area (Å²) in [6, 6.07) is 0. The molecule has 0 aromatic rings. The van der Waals surface area contributed by atoms with Crippen molar-refractivity contribution in [2.45, 2.75) is 108 Å². The molecule has 10 nitrogen and oxygen atoms in total. The first kappa shape index (κ1) is 44.1. The molecular weight excluding hydrogens is 524 g/mol. The van der Waals surface area contributed by atoms with E-state index >= 15 is 0 Å². The molecule has 206 valence electrons. The van der Waals surface area contributed by atoms with Crippen molar-refractivity contribution in [1.29, 1.82) is 0 Å². The van der Waals surface area contributed by atoms with Crippen molar-refractivity contribution in [1.82, 2.24) is 5.32 Å². The number of carbonyl (C=O) groups is 3. The number of nitrogens with one attached hydrogen (secondary N) is 1. The molecule has 0 aliphatic carbocycles. The number of carbonyl (C=O) groups excluding carboxylic acids is 1. The Morgan fingerprint density at radius 1 is 0.865 bits per heavy atom. The van der Waals surface area contributed by atoms with E-state index in [0.717, 1.165) is 32.1 Å². The summed E-state index contributed by atoms with van der Waals surface area (Å²) in [7, 11) is -5.39. The van der Waals surface area contributed by atoms with Gasteiger partial charge in [0, 0.05) is 6.42 Å². The van der Waals surface area contributed by atoms with Crippen LogP contribution in [0.5, 0.6) is 0 Å². The Morgan fingerprint density at radius 2 is 1.27 bits per heavy atom. The van der Waals surface area contributed by atoms with Gasteiger partial charge in [-0.3, -0.25) is 20.7 Å². The minimum absolute atomic E-state index is 0. The average Bonchev–Trinajstić information content (AvgIpc) is 2.75. The largest absolute Gasteiger partial charge is 1.00 e. The Balaban J connectivity index is -0.00000103. The molecule has 0 aromatic heterocycles. The minimum atomic E-state index is -5.39. The average molecular weight is 568 g/mol. The van der Waals surface area contributed by atoms with Crippen molar-refractivity contribution in [3.63, 3.8) is 0 Å². The van der Waals surface area contributed by atoms with E-state index in [9.17, 15) is 27.4 Å². The molecule has 0 radical (unpaired) electrons. The van der Waals surface area contributed by atoms with E-state index in [1.165, 1.54) is 38.5 Å². The first-order valence-corrected chi connectivity index (χ1v) is 13.7. The molecule has 13 heteroatoms. The first-order chi connectivity index (χ1) is 16.5. The van der Waals surface area contributed by atoms with Gasteiger partial charge in [0.15, 0.2) is 0 Å². The van der Waals surface area contributed by atoms with Gasteiger partial charge in [-0.05, 0) is 32.1 Å². The van der Waals surface area contributed by atoms with Gasteiger partial charge in [0.1, 0.15) is 0 Å². The predicted octanol–water partition coefficient (Wildman–Crippen LogP) is -2.53. The summed E-state index contributed by atoms with van der Waals surface area (Å²) in [5.74, 6) is -4.88. The second-order valence-electron chi connectivity index (χ2n) is 8.26. The number of hydrogen-bond donors (Lipinski definition) is 4. The van der Waals surface area contributed by atoms with Gasteiger partial charge in [0.25, 0.3) is 4.87 Å². The molecular formula is C24H43NNa2O9S. The third-order valence-electron chi connectivity index (χ3n) is 5.19. The van der Waals surface area contributed by atoms with Crippen LogP contribution in [0.1, 0.15) is 103 Å². The van der Waals surface area contributed by atoms with E-state index in [0.29, 0.717) is 12.8 Å². The van der Waals surface area contributed by atoms with Gasteiger partial charge in [0.2, 0.25) is 5.91 Å². The van der Waals surface area contributed by atoms with E-state index in [4.69, 9.17) is 15.3 Å². The third kappa shape index (κ3) is 23.6. The maximum Gasteiger partial charge on any atom is 1.00 e. The van der Waals surface area contributed by atoms with Crippen LogP contribution in [0.4, 0.5) is 0 Å². The van der Waals surface area contributed by atoms with Gasteiger partial charge >= 0.3 is 81.2 Å².